The highest BCUT2D eigenvalue weighted by Crippen LogP contribution is 2.40. The van der Waals surface area contributed by atoms with E-state index in [1.807, 2.05) is 109 Å². The Morgan fingerprint density at radius 1 is 0.794 bits per heavy atom. The van der Waals surface area contributed by atoms with Crippen molar-refractivity contribution in [1.29, 1.82) is 0 Å². The van der Waals surface area contributed by atoms with Gasteiger partial charge in [-0.05, 0) is 46.0 Å². The maximum Gasteiger partial charge on any atom is 0.266 e. The van der Waals surface area contributed by atoms with E-state index in [1.165, 1.54) is 4.90 Å². The van der Waals surface area contributed by atoms with Crippen LogP contribution in [0.2, 0.25) is 0 Å². The molecule has 0 aliphatic carbocycles. The molecule has 1 amide bonds. The molecule has 5 rings (SSSR count). The van der Waals surface area contributed by atoms with Crippen LogP contribution in [0.3, 0.4) is 0 Å². The predicted octanol–water partition coefficient (Wildman–Crippen LogP) is 4.96. The molecule has 0 radical (unpaired) electrons. The molecule has 4 aromatic rings. The van der Waals surface area contributed by atoms with E-state index in [0.29, 0.717) is 6.61 Å². The molecule has 1 atom stereocenters. The Bertz CT molecular complexity index is 1330. The highest BCUT2D eigenvalue weighted by molar-refractivity contribution is 6.09. The minimum absolute atomic E-state index is 0.169. The van der Waals surface area contributed by atoms with E-state index < -0.39 is 5.54 Å². The minimum Gasteiger partial charge on any atom is -0.489 e. The second-order valence-corrected chi connectivity index (χ2v) is 8.29. The van der Waals surface area contributed by atoms with Gasteiger partial charge >= 0.3 is 0 Å². The standard InChI is InChI=1S/C29H25N3O2/c1-32-27(33)29(31-28(32)30,24-12-6-3-7-13-24)25-14-8-11-23(19-25)22-15-17-26(18-16-22)34-20-21-9-4-2-5-10-21/h2-19H,20H2,1H3,(H2,30,31). The summed E-state index contributed by atoms with van der Waals surface area (Å²) in [7, 11) is 1.66. The van der Waals surface area contributed by atoms with Gasteiger partial charge in [0, 0.05) is 7.05 Å². The summed E-state index contributed by atoms with van der Waals surface area (Å²) in [6.07, 6.45) is 0. The van der Waals surface area contributed by atoms with Crippen molar-refractivity contribution >= 4 is 11.9 Å². The molecule has 34 heavy (non-hydrogen) atoms. The maximum absolute atomic E-state index is 13.4. The van der Waals surface area contributed by atoms with Crippen LogP contribution in [0.15, 0.2) is 114 Å². The Kier molecular flexibility index (Phi) is 5.60. The molecule has 0 aromatic heterocycles. The van der Waals surface area contributed by atoms with Crippen molar-refractivity contribution in [2.75, 3.05) is 7.05 Å². The molecule has 1 aliphatic heterocycles. The highest BCUT2D eigenvalue weighted by atomic mass is 16.5. The number of ether oxygens (including phenoxy) is 1. The second kappa shape index (κ2) is 8.87. The molecule has 4 aromatic carbocycles. The zero-order valence-electron chi connectivity index (χ0n) is 18.9. The van der Waals surface area contributed by atoms with Crippen molar-refractivity contribution in [1.82, 2.24) is 4.90 Å². The van der Waals surface area contributed by atoms with Crippen LogP contribution >= 0.6 is 0 Å². The van der Waals surface area contributed by atoms with Gasteiger partial charge in [-0.3, -0.25) is 9.69 Å². The summed E-state index contributed by atoms with van der Waals surface area (Å²) in [6, 6.07) is 35.5. The van der Waals surface area contributed by atoms with Crippen LogP contribution < -0.4 is 10.5 Å². The van der Waals surface area contributed by atoms with Gasteiger partial charge in [0.15, 0.2) is 11.5 Å². The molecule has 0 fully saturated rings. The highest BCUT2D eigenvalue weighted by Gasteiger charge is 2.49. The van der Waals surface area contributed by atoms with Gasteiger partial charge in [-0.2, -0.15) is 0 Å². The van der Waals surface area contributed by atoms with Crippen LogP contribution in [-0.4, -0.2) is 23.8 Å². The Morgan fingerprint density at radius 2 is 1.44 bits per heavy atom. The summed E-state index contributed by atoms with van der Waals surface area (Å²) in [4.78, 5) is 19.5. The van der Waals surface area contributed by atoms with E-state index in [4.69, 9.17) is 10.5 Å². The largest absolute Gasteiger partial charge is 0.489 e. The number of aliphatic imine (C=N–C) groups is 1. The van der Waals surface area contributed by atoms with Gasteiger partial charge in [0.05, 0.1) is 0 Å². The average molecular weight is 448 g/mol. The number of carbonyl (C=O) groups excluding carboxylic acids is 1. The fourth-order valence-corrected chi connectivity index (χ4v) is 4.27. The summed E-state index contributed by atoms with van der Waals surface area (Å²) < 4.78 is 5.92. The second-order valence-electron chi connectivity index (χ2n) is 8.29. The molecule has 0 bridgehead atoms. The average Bonchev–Trinajstić information content (AvgIpc) is 3.14. The van der Waals surface area contributed by atoms with E-state index in [1.54, 1.807) is 7.05 Å². The third-order valence-electron chi connectivity index (χ3n) is 6.15. The summed E-state index contributed by atoms with van der Waals surface area (Å²) in [5.74, 6) is 0.840. The first-order valence-corrected chi connectivity index (χ1v) is 11.1. The lowest BCUT2D eigenvalue weighted by molar-refractivity contribution is -0.129. The number of benzene rings is 4. The van der Waals surface area contributed by atoms with Gasteiger partial charge in [-0.1, -0.05) is 91.0 Å². The summed E-state index contributed by atoms with van der Waals surface area (Å²) in [5.41, 5.74) is 9.59. The lowest BCUT2D eigenvalue weighted by atomic mass is 9.82. The minimum atomic E-state index is -1.20. The third-order valence-corrected chi connectivity index (χ3v) is 6.15. The Morgan fingerprint density at radius 3 is 2.09 bits per heavy atom. The molecule has 0 saturated carbocycles. The Balaban J connectivity index is 1.46. The summed E-state index contributed by atoms with van der Waals surface area (Å²) in [6.45, 7) is 0.518. The number of likely N-dealkylation sites (N-methyl/N-ethyl adjacent to an activating group) is 1. The van der Waals surface area contributed by atoms with Crippen molar-refractivity contribution in [3.05, 3.63) is 126 Å². The molecule has 1 unspecified atom stereocenters. The maximum atomic E-state index is 13.4. The van der Waals surface area contributed by atoms with Crippen LogP contribution in [0.1, 0.15) is 16.7 Å². The Labute approximate surface area is 199 Å². The fourth-order valence-electron chi connectivity index (χ4n) is 4.27. The van der Waals surface area contributed by atoms with Gasteiger partial charge in [-0.25, -0.2) is 4.99 Å². The lowest BCUT2D eigenvalue weighted by Crippen LogP contribution is -2.41. The van der Waals surface area contributed by atoms with Gasteiger partial charge in [0.1, 0.15) is 12.4 Å². The quantitative estimate of drug-likeness (QED) is 0.454. The van der Waals surface area contributed by atoms with Gasteiger partial charge in [-0.15, -0.1) is 0 Å². The fraction of sp³-hybridized carbons (Fsp3) is 0.103. The van der Waals surface area contributed by atoms with Crippen LogP contribution in [0, 0.1) is 0 Å². The number of nitrogens with two attached hydrogens (primary N) is 1. The SMILES string of the molecule is CN1C(=O)C(c2ccccc2)(c2cccc(-c3ccc(OCc4ccccc4)cc3)c2)N=C1N. The van der Waals surface area contributed by atoms with Crippen LogP contribution in [0.25, 0.3) is 11.1 Å². The predicted molar refractivity (Wildman–Crippen MR) is 134 cm³/mol. The lowest BCUT2D eigenvalue weighted by Gasteiger charge is -2.26. The van der Waals surface area contributed by atoms with Gasteiger partial charge < -0.3 is 10.5 Å². The topological polar surface area (TPSA) is 67.9 Å². The zero-order valence-corrected chi connectivity index (χ0v) is 18.9. The third kappa shape index (κ3) is 3.82. The molecule has 1 aliphatic rings. The number of guanidine groups is 1. The van der Waals surface area contributed by atoms with Crippen molar-refractivity contribution in [2.24, 2.45) is 10.7 Å². The molecular formula is C29H25N3O2. The number of carbonyl (C=O) groups is 1. The van der Waals surface area contributed by atoms with E-state index >= 15 is 0 Å². The number of hydrogen-bond acceptors (Lipinski definition) is 4. The van der Waals surface area contributed by atoms with Crippen molar-refractivity contribution < 1.29 is 9.53 Å². The molecule has 168 valence electrons. The molecule has 0 saturated heterocycles. The van der Waals surface area contributed by atoms with Gasteiger partial charge in [0.2, 0.25) is 0 Å². The number of rotatable bonds is 6. The van der Waals surface area contributed by atoms with Crippen LogP contribution in [0.5, 0.6) is 5.75 Å². The normalized spacial score (nSPS) is 17.5. The first-order valence-electron chi connectivity index (χ1n) is 11.1. The summed E-state index contributed by atoms with van der Waals surface area (Å²) >= 11 is 0. The Hall–Kier alpha value is -4.38. The zero-order chi connectivity index (χ0) is 23.5. The molecule has 0 spiro atoms. The molecule has 2 N–H and O–H groups in total. The van der Waals surface area contributed by atoms with Crippen LogP contribution in [0.4, 0.5) is 0 Å². The summed E-state index contributed by atoms with van der Waals surface area (Å²) in [5, 5.41) is 0. The number of nitrogens with zero attached hydrogens (tertiary/aromatic N) is 2. The van der Waals surface area contributed by atoms with Crippen molar-refractivity contribution in [3.8, 4) is 16.9 Å². The van der Waals surface area contributed by atoms with E-state index in [2.05, 4.69) is 4.99 Å². The van der Waals surface area contributed by atoms with E-state index in [9.17, 15) is 4.79 Å². The molecule has 5 nitrogen and oxygen atoms in total. The van der Waals surface area contributed by atoms with Gasteiger partial charge in [0.25, 0.3) is 5.91 Å². The molecular weight excluding hydrogens is 422 g/mol. The molecule has 5 heteroatoms. The van der Waals surface area contributed by atoms with Crippen molar-refractivity contribution in [2.45, 2.75) is 12.1 Å². The molecule has 1 heterocycles. The number of hydrogen-bond donors (Lipinski definition) is 1. The monoisotopic (exact) mass is 447 g/mol. The van der Waals surface area contributed by atoms with Crippen molar-refractivity contribution in [3.63, 3.8) is 0 Å². The van der Waals surface area contributed by atoms with E-state index in [-0.39, 0.29) is 11.9 Å². The number of amides is 1. The van der Waals surface area contributed by atoms with Crippen LogP contribution in [-0.2, 0) is 16.9 Å². The first-order chi connectivity index (χ1) is 16.6. The first kappa shape index (κ1) is 21.5. The smallest absolute Gasteiger partial charge is 0.266 e. The van der Waals surface area contributed by atoms with E-state index in [0.717, 1.165) is 33.6 Å².